The summed E-state index contributed by atoms with van der Waals surface area (Å²) in [7, 11) is 0. The Morgan fingerprint density at radius 3 is 2.35 bits per heavy atom. The third-order valence-electron chi connectivity index (χ3n) is 3.46. The Labute approximate surface area is 120 Å². The van der Waals surface area contributed by atoms with E-state index in [1.807, 2.05) is 55.5 Å². The van der Waals surface area contributed by atoms with Gasteiger partial charge in [0.2, 0.25) is 5.91 Å². The molecule has 1 amide bonds. The van der Waals surface area contributed by atoms with Crippen molar-refractivity contribution in [2.24, 2.45) is 5.73 Å². The van der Waals surface area contributed by atoms with Crippen LogP contribution in [0.1, 0.15) is 16.7 Å². The predicted molar refractivity (Wildman–Crippen MR) is 82.6 cm³/mol. The van der Waals surface area contributed by atoms with E-state index in [0.717, 1.165) is 11.3 Å². The van der Waals surface area contributed by atoms with Crippen molar-refractivity contribution in [3.63, 3.8) is 0 Å². The number of amides is 1. The van der Waals surface area contributed by atoms with Gasteiger partial charge in [-0.1, -0.05) is 36.4 Å². The molecule has 0 atom stereocenters. The molecule has 2 N–H and O–H groups in total. The quantitative estimate of drug-likeness (QED) is 0.926. The summed E-state index contributed by atoms with van der Waals surface area (Å²) in [5.41, 5.74) is 9.91. The first-order chi connectivity index (χ1) is 9.61. The minimum atomic E-state index is -0.0721. The fourth-order valence-electron chi connectivity index (χ4n) is 2.09. The predicted octanol–water partition coefficient (Wildman–Crippen LogP) is 2.80. The van der Waals surface area contributed by atoms with Crippen LogP contribution >= 0.6 is 0 Å². The molecule has 0 radical (unpaired) electrons. The third kappa shape index (κ3) is 3.25. The zero-order valence-corrected chi connectivity index (χ0v) is 12.0. The lowest BCUT2D eigenvalue weighted by molar-refractivity contribution is -0.117. The molecular weight excluding hydrogens is 248 g/mol. The van der Waals surface area contributed by atoms with Crippen LogP contribution in [0.15, 0.2) is 48.5 Å². The fourth-order valence-corrected chi connectivity index (χ4v) is 2.09. The van der Waals surface area contributed by atoms with Crippen LogP contribution in [0, 0.1) is 13.8 Å². The summed E-state index contributed by atoms with van der Waals surface area (Å²) in [5.74, 6) is -0.0721. The molecule has 0 aliphatic rings. The van der Waals surface area contributed by atoms with Crippen LogP contribution < -0.4 is 10.6 Å². The molecule has 0 spiro atoms. The van der Waals surface area contributed by atoms with Crippen LogP contribution in [0.2, 0.25) is 0 Å². The minimum Gasteiger partial charge on any atom is -0.322 e. The van der Waals surface area contributed by atoms with Gasteiger partial charge in [-0.05, 0) is 42.7 Å². The van der Waals surface area contributed by atoms with Crippen molar-refractivity contribution >= 4 is 11.6 Å². The van der Waals surface area contributed by atoms with E-state index in [2.05, 4.69) is 6.92 Å². The van der Waals surface area contributed by atoms with Gasteiger partial charge in [0.25, 0.3) is 0 Å². The van der Waals surface area contributed by atoms with E-state index < -0.39 is 0 Å². The fraction of sp³-hybridized carbons (Fsp3) is 0.235. The number of rotatable bonds is 4. The summed E-state index contributed by atoms with van der Waals surface area (Å²) >= 11 is 0. The zero-order chi connectivity index (χ0) is 14.5. The van der Waals surface area contributed by atoms with E-state index >= 15 is 0 Å². The maximum atomic E-state index is 12.1. The van der Waals surface area contributed by atoms with Crippen LogP contribution in [0.3, 0.4) is 0 Å². The Bertz CT molecular complexity index is 593. The van der Waals surface area contributed by atoms with E-state index in [0.29, 0.717) is 6.54 Å². The normalized spacial score (nSPS) is 10.3. The van der Waals surface area contributed by atoms with Gasteiger partial charge in [-0.2, -0.15) is 0 Å². The lowest BCUT2D eigenvalue weighted by atomic mass is 10.1. The summed E-state index contributed by atoms with van der Waals surface area (Å²) in [6.45, 7) is 4.66. The number of hydrogen-bond acceptors (Lipinski definition) is 2. The summed E-state index contributed by atoms with van der Waals surface area (Å²) in [6, 6.07) is 16.0. The Morgan fingerprint density at radius 2 is 1.75 bits per heavy atom. The van der Waals surface area contributed by atoms with Gasteiger partial charge in [0.05, 0.1) is 13.1 Å². The maximum Gasteiger partial charge on any atom is 0.241 e. The van der Waals surface area contributed by atoms with Crippen LogP contribution in [0.4, 0.5) is 5.69 Å². The van der Waals surface area contributed by atoms with Crippen molar-refractivity contribution in [2.45, 2.75) is 20.4 Å². The average molecular weight is 268 g/mol. The molecule has 0 unspecified atom stereocenters. The van der Waals surface area contributed by atoms with E-state index in [4.69, 9.17) is 5.73 Å². The third-order valence-corrected chi connectivity index (χ3v) is 3.46. The summed E-state index contributed by atoms with van der Waals surface area (Å²) in [5, 5.41) is 0. The van der Waals surface area contributed by atoms with Gasteiger partial charge in [0.15, 0.2) is 0 Å². The molecular formula is C17H20N2O. The lowest BCUT2D eigenvalue weighted by Crippen LogP contribution is -2.35. The van der Waals surface area contributed by atoms with Crippen LogP contribution in [0.25, 0.3) is 0 Å². The van der Waals surface area contributed by atoms with Gasteiger partial charge in [0.1, 0.15) is 0 Å². The van der Waals surface area contributed by atoms with Gasteiger partial charge < -0.3 is 10.6 Å². The second-order valence-electron chi connectivity index (χ2n) is 4.94. The van der Waals surface area contributed by atoms with Crippen molar-refractivity contribution in [1.29, 1.82) is 0 Å². The molecule has 0 saturated carbocycles. The first-order valence-electron chi connectivity index (χ1n) is 6.73. The van der Waals surface area contributed by atoms with Crippen molar-refractivity contribution in [3.05, 3.63) is 65.2 Å². The van der Waals surface area contributed by atoms with Crippen LogP contribution in [0.5, 0.6) is 0 Å². The average Bonchev–Trinajstić information content (AvgIpc) is 2.48. The van der Waals surface area contributed by atoms with Crippen molar-refractivity contribution in [1.82, 2.24) is 0 Å². The molecule has 0 saturated heterocycles. The highest BCUT2D eigenvalue weighted by Crippen LogP contribution is 2.21. The van der Waals surface area contributed by atoms with Crippen LogP contribution in [-0.4, -0.2) is 12.5 Å². The van der Waals surface area contributed by atoms with E-state index in [-0.39, 0.29) is 12.5 Å². The number of anilines is 1. The second-order valence-corrected chi connectivity index (χ2v) is 4.94. The number of benzene rings is 2. The Hall–Kier alpha value is -2.13. The minimum absolute atomic E-state index is 0.0136. The molecule has 3 nitrogen and oxygen atoms in total. The maximum absolute atomic E-state index is 12.1. The molecule has 104 valence electrons. The SMILES string of the molecule is Cc1ccc(N(Cc2ccccc2)C(=O)CN)cc1C. The molecule has 0 fully saturated rings. The van der Waals surface area contributed by atoms with E-state index in [1.54, 1.807) is 4.90 Å². The first kappa shape index (κ1) is 14.3. The number of aryl methyl sites for hydroxylation is 2. The Kier molecular flexibility index (Phi) is 4.53. The topological polar surface area (TPSA) is 46.3 Å². The molecule has 2 aromatic carbocycles. The molecule has 20 heavy (non-hydrogen) atoms. The zero-order valence-electron chi connectivity index (χ0n) is 12.0. The monoisotopic (exact) mass is 268 g/mol. The highest BCUT2D eigenvalue weighted by molar-refractivity contribution is 5.94. The standard InChI is InChI=1S/C17H20N2O/c1-13-8-9-16(10-14(13)2)19(17(20)11-18)12-15-6-4-3-5-7-15/h3-10H,11-12,18H2,1-2H3. The molecule has 0 aliphatic heterocycles. The van der Waals surface area contributed by atoms with Crippen molar-refractivity contribution in [2.75, 3.05) is 11.4 Å². The lowest BCUT2D eigenvalue weighted by Gasteiger charge is -2.23. The number of nitrogens with zero attached hydrogens (tertiary/aromatic N) is 1. The summed E-state index contributed by atoms with van der Waals surface area (Å²) in [4.78, 5) is 13.9. The number of nitrogens with two attached hydrogens (primary N) is 1. The molecule has 0 aromatic heterocycles. The largest absolute Gasteiger partial charge is 0.322 e. The summed E-state index contributed by atoms with van der Waals surface area (Å²) < 4.78 is 0. The Balaban J connectivity index is 2.32. The second kappa shape index (κ2) is 6.35. The number of carbonyl (C=O) groups is 1. The van der Waals surface area contributed by atoms with Gasteiger partial charge >= 0.3 is 0 Å². The number of hydrogen-bond donors (Lipinski definition) is 1. The highest BCUT2D eigenvalue weighted by Gasteiger charge is 2.15. The Morgan fingerprint density at radius 1 is 1.05 bits per heavy atom. The molecule has 2 aromatic rings. The van der Waals surface area contributed by atoms with Crippen LogP contribution in [-0.2, 0) is 11.3 Å². The first-order valence-corrected chi connectivity index (χ1v) is 6.73. The molecule has 0 heterocycles. The molecule has 0 aliphatic carbocycles. The van der Waals surface area contributed by atoms with Crippen molar-refractivity contribution < 1.29 is 4.79 Å². The van der Waals surface area contributed by atoms with Gasteiger partial charge in [0, 0.05) is 5.69 Å². The summed E-state index contributed by atoms with van der Waals surface area (Å²) in [6.07, 6.45) is 0. The molecule has 0 bridgehead atoms. The van der Waals surface area contributed by atoms with Gasteiger partial charge in [-0.25, -0.2) is 0 Å². The highest BCUT2D eigenvalue weighted by atomic mass is 16.2. The van der Waals surface area contributed by atoms with Gasteiger partial charge in [-0.15, -0.1) is 0 Å². The van der Waals surface area contributed by atoms with Gasteiger partial charge in [-0.3, -0.25) is 4.79 Å². The van der Waals surface area contributed by atoms with E-state index in [9.17, 15) is 4.79 Å². The van der Waals surface area contributed by atoms with E-state index in [1.165, 1.54) is 11.1 Å². The molecule has 3 heteroatoms. The molecule has 2 rings (SSSR count). The van der Waals surface area contributed by atoms with Crippen molar-refractivity contribution in [3.8, 4) is 0 Å². The smallest absolute Gasteiger partial charge is 0.241 e. The number of carbonyl (C=O) groups excluding carboxylic acids is 1.